The quantitative estimate of drug-likeness (QED) is 0.393. The highest BCUT2D eigenvalue weighted by Gasteiger charge is 2.10. The Hall–Kier alpha value is -2.32. The zero-order valence-corrected chi connectivity index (χ0v) is 17.6. The van der Waals surface area contributed by atoms with E-state index in [1.807, 2.05) is 12.1 Å². The topological polar surface area (TPSA) is 61.5 Å². The van der Waals surface area contributed by atoms with Crippen LogP contribution in [-0.4, -0.2) is 35.3 Å². The summed E-state index contributed by atoms with van der Waals surface area (Å²) in [7, 11) is 3.20. The van der Waals surface area contributed by atoms with E-state index in [-0.39, 0.29) is 0 Å². The van der Waals surface area contributed by atoms with Crippen molar-refractivity contribution in [3.63, 3.8) is 0 Å². The predicted octanol–water partition coefficient (Wildman–Crippen LogP) is 4.54. The molecule has 0 saturated carbocycles. The van der Waals surface area contributed by atoms with E-state index in [2.05, 4.69) is 62.4 Å². The van der Waals surface area contributed by atoms with Gasteiger partial charge >= 0.3 is 0 Å². The number of methoxy groups -OCH3 is 2. The molecule has 6 nitrogen and oxygen atoms in total. The third-order valence-electron chi connectivity index (χ3n) is 3.78. The van der Waals surface area contributed by atoms with E-state index in [9.17, 15) is 0 Å². The van der Waals surface area contributed by atoms with Crippen molar-refractivity contribution in [2.24, 2.45) is 5.10 Å². The zero-order chi connectivity index (χ0) is 19.2. The first kappa shape index (κ1) is 19.4. The van der Waals surface area contributed by atoms with Crippen molar-refractivity contribution in [3.8, 4) is 11.5 Å². The lowest BCUT2D eigenvalue weighted by molar-refractivity contribution is 0.353. The molecule has 0 N–H and O–H groups in total. The molecule has 0 unspecified atom stereocenters. The van der Waals surface area contributed by atoms with Crippen molar-refractivity contribution in [1.82, 2.24) is 14.9 Å². The van der Waals surface area contributed by atoms with Crippen molar-refractivity contribution in [2.75, 3.05) is 14.2 Å². The van der Waals surface area contributed by atoms with Gasteiger partial charge in [0.25, 0.3) is 0 Å². The highest BCUT2D eigenvalue weighted by Crippen LogP contribution is 2.35. The second kappa shape index (κ2) is 9.05. The number of aromatic nitrogens is 3. The molecule has 0 spiro atoms. The van der Waals surface area contributed by atoms with Crippen LogP contribution < -0.4 is 9.47 Å². The Kier molecular flexibility index (Phi) is 6.52. The minimum Gasteiger partial charge on any atom is -0.493 e. The molecule has 0 aliphatic rings. The molecule has 8 heteroatoms. The van der Waals surface area contributed by atoms with E-state index in [1.165, 1.54) is 11.1 Å². The van der Waals surface area contributed by atoms with Crippen LogP contribution in [-0.2, 0) is 5.75 Å². The Morgan fingerprint density at radius 1 is 1.19 bits per heavy atom. The summed E-state index contributed by atoms with van der Waals surface area (Å²) in [5.74, 6) is 2.08. The largest absolute Gasteiger partial charge is 0.493 e. The molecule has 0 bridgehead atoms. The second-order valence-electron chi connectivity index (χ2n) is 5.72. The number of rotatable bonds is 7. The lowest BCUT2D eigenvalue weighted by atomic mass is 10.2. The van der Waals surface area contributed by atoms with Gasteiger partial charge in [-0.15, -0.1) is 10.2 Å². The van der Waals surface area contributed by atoms with Gasteiger partial charge in [-0.2, -0.15) is 9.78 Å². The first-order valence-electron chi connectivity index (χ1n) is 8.15. The Morgan fingerprint density at radius 2 is 1.96 bits per heavy atom. The smallest absolute Gasteiger partial charge is 0.212 e. The molecule has 0 atom stereocenters. The first-order chi connectivity index (χ1) is 13.1. The summed E-state index contributed by atoms with van der Waals surface area (Å²) in [5.41, 5.74) is 3.34. The van der Waals surface area contributed by atoms with Crippen LogP contribution in [0.3, 0.4) is 0 Å². The molecule has 0 radical (unpaired) electrons. The SMILES string of the molecule is COc1cc(/C=N/n2cnnc2SCc2ccc(C)cc2)cc(Br)c1OC. The number of hydrogen-bond donors (Lipinski definition) is 0. The monoisotopic (exact) mass is 446 g/mol. The van der Waals surface area contributed by atoms with E-state index in [1.54, 1.807) is 43.2 Å². The molecule has 0 saturated heterocycles. The Labute approximate surface area is 170 Å². The number of hydrogen-bond acceptors (Lipinski definition) is 6. The summed E-state index contributed by atoms with van der Waals surface area (Å²) in [5, 5.41) is 13.3. The van der Waals surface area contributed by atoms with Crippen LogP contribution in [0.15, 0.2) is 57.5 Å². The van der Waals surface area contributed by atoms with E-state index in [4.69, 9.17) is 9.47 Å². The molecular weight excluding hydrogens is 428 g/mol. The van der Waals surface area contributed by atoms with Crippen molar-refractivity contribution in [3.05, 3.63) is 63.9 Å². The van der Waals surface area contributed by atoms with Crippen LogP contribution in [0.25, 0.3) is 0 Å². The summed E-state index contributed by atoms with van der Waals surface area (Å²) in [6.07, 6.45) is 3.32. The van der Waals surface area contributed by atoms with Gasteiger partial charge in [-0.1, -0.05) is 41.6 Å². The maximum absolute atomic E-state index is 5.36. The normalized spacial score (nSPS) is 11.1. The molecular formula is C19H19BrN4O2S. The third kappa shape index (κ3) is 4.90. The summed E-state index contributed by atoms with van der Waals surface area (Å²) in [4.78, 5) is 0. The first-order valence-corrected chi connectivity index (χ1v) is 9.93. The summed E-state index contributed by atoms with van der Waals surface area (Å²) in [6.45, 7) is 2.08. The molecule has 0 fully saturated rings. The Morgan fingerprint density at radius 3 is 2.67 bits per heavy atom. The van der Waals surface area contributed by atoms with Gasteiger partial charge < -0.3 is 9.47 Å². The van der Waals surface area contributed by atoms with Crippen LogP contribution in [0, 0.1) is 6.92 Å². The second-order valence-corrected chi connectivity index (χ2v) is 7.51. The van der Waals surface area contributed by atoms with Crippen molar-refractivity contribution < 1.29 is 9.47 Å². The molecule has 3 rings (SSSR count). The highest BCUT2D eigenvalue weighted by molar-refractivity contribution is 9.10. The van der Waals surface area contributed by atoms with Crippen LogP contribution in [0.1, 0.15) is 16.7 Å². The van der Waals surface area contributed by atoms with E-state index >= 15 is 0 Å². The standard InChI is InChI=1S/C19H19BrN4O2S/c1-13-4-6-14(7-5-13)11-27-19-23-21-12-24(19)22-10-15-8-16(20)18(26-3)17(9-15)25-2/h4-10,12H,11H2,1-3H3/b22-10+. The number of thioether (sulfide) groups is 1. The summed E-state index contributed by atoms with van der Waals surface area (Å²) in [6, 6.07) is 12.2. The Balaban J connectivity index is 1.74. The third-order valence-corrected chi connectivity index (χ3v) is 5.37. The lowest BCUT2D eigenvalue weighted by Crippen LogP contribution is -1.96. The fraction of sp³-hybridized carbons (Fsp3) is 0.211. The van der Waals surface area contributed by atoms with Gasteiger partial charge in [0, 0.05) is 5.75 Å². The predicted molar refractivity (Wildman–Crippen MR) is 111 cm³/mol. The minimum atomic E-state index is 0.631. The fourth-order valence-electron chi connectivity index (χ4n) is 2.37. The van der Waals surface area contributed by atoms with Crippen molar-refractivity contribution >= 4 is 33.9 Å². The van der Waals surface area contributed by atoms with Gasteiger partial charge in [0.15, 0.2) is 11.5 Å². The highest BCUT2D eigenvalue weighted by atomic mass is 79.9. The Bertz CT molecular complexity index is 941. The average Bonchev–Trinajstić information content (AvgIpc) is 3.12. The molecule has 140 valence electrons. The van der Waals surface area contributed by atoms with Gasteiger partial charge in [-0.25, -0.2) is 0 Å². The molecule has 1 heterocycles. The fourth-order valence-corrected chi connectivity index (χ4v) is 3.81. The number of benzene rings is 2. The average molecular weight is 447 g/mol. The maximum atomic E-state index is 5.36. The molecule has 27 heavy (non-hydrogen) atoms. The van der Waals surface area contributed by atoms with Gasteiger partial charge in [0.2, 0.25) is 5.16 Å². The molecule has 3 aromatic rings. The van der Waals surface area contributed by atoms with Crippen molar-refractivity contribution in [2.45, 2.75) is 17.8 Å². The molecule has 0 aliphatic carbocycles. The number of ether oxygens (including phenoxy) is 2. The summed E-state index contributed by atoms with van der Waals surface area (Å²) < 4.78 is 13.1. The van der Waals surface area contributed by atoms with E-state index < -0.39 is 0 Å². The van der Waals surface area contributed by atoms with Gasteiger partial charge in [0.1, 0.15) is 6.33 Å². The van der Waals surface area contributed by atoms with E-state index in [0.29, 0.717) is 11.5 Å². The molecule has 2 aromatic carbocycles. The molecule has 0 aliphatic heterocycles. The van der Waals surface area contributed by atoms with Gasteiger partial charge in [-0.05, 0) is 46.1 Å². The van der Waals surface area contributed by atoms with Crippen LogP contribution in [0.2, 0.25) is 0 Å². The number of nitrogens with zero attached hydrogens (tertiary/aromatic N) is 4. The number of aryl methyl sites for hydroxylation is 1. The lowest BCUT2D eigenvalue weighted by Gasteiger charge is -2.10. The van der Waals surface area contributed by atoms with Crippen molar-refractivity contribution in [1.29, 1.82) is 0 Å². The van der Waals surface area contributed by atoms with E-state index in [0.717, 1.165) is 20.9 Å². The van der Waals surface area contributed by atoms with Crippen LogP contribution >= 0.6 is 27.7 Å². The zero-order valence-electron chi connectivity index (χ0n) is 15.2. The van der Waals surface area contributed by atoms with Crippen LogP contribution in [0.4, 0.5) is 0 Å². The number of halogens is 1. The molecule has 1 aromatic heterocycles. The van der Waals surface area contributed by atoms with Gasteiger partial charge in [0.05, 0.1) is 24.9 Å². The van der Waals surface area contributed by atoms with Gasteiger partial charge in [-0.3, -0.25) is 0 Å². The minimum absolute atomic E-state index is 0.631. The maximum Gasteiger partial charge on any atom is 0.212 e. The van der Waals surface area contributed by atoms with Crippen LogP contribution in [0.5, 0.6) is 11.5 Å². The molecule has 0 amide bonds. The summed E-state index contributed by atoms with van der Waals surface area (Å²) >= 11 is 5.07.